The van der Waals surface area contributed by atoms with E-state index < -0.39 is 0 Å². The average Bonchev–Trinajstić information content (AvgIpc) is 2.63. The van der Waals surface area contributed by atoms with Crippen LogP contribution in [0.15, 0.2) is 18.6 Å². The normalized spacial score (nSPS) is 10.4. The highest BCUT2D eigenvalue weighted by molar-refractivity contribution is 6.33. The van der Waals surface area contributed by atoms with Crippen LogP contribution >= 0.6 is 11.6 Å². The number of rotatable bonds is 3. The van der Waals surface area contributed by atoms with Gasteiger partial charge in [0.05, 0.1) is 23.5 Å². The van der Waals surface area contributed by atoms with Gasteiger partial charge >= 0.3 is 0 Å². The van der Waals surface area contributed by atoms with E-state index >= 15 is 0 Å². The van der Waals surface area contributed by atoms with Gasteiger partial charge in [0, 0.05) is 7.05 Å². The number of nitrogens with zero attached hydrogens (tertiary/aromatic N) is 4. The number of aryl methyl sites for hydroxylation is 1. The highest BCUT2D eigenvalue weighted by Gasteiger charge is 2.04. The lowest BCUT2D eigenvalue weighted by atomic mass is 10.4. The third kappa shape index (κ3) is 2.22. The van der Waals surface area contributed by atoms with Crippen LogP contribution in [-0.4, -0.2) is 19.7 Å². The van der Waals surface area contributed by atoms with Crippen molar-refractivity contribution in [2.24, 2.45) is 7.05 Å². The number of nitrogens with one attached hydrogen (secondary N) is 1. The van der Waals surface area contributed by atoms with Crippen molar-refractivity contribution in [3.8, 4) is 0 Å². The minimum atomic E-state index is 0.488. The lowest BCUT2D eigenvalue weighted by Gasteiger charge is -2.06. The summed E-state index contributed by atoms with van der Waals surface area (Å²) in [6.07, 6.45) is 3.18. The first-order chi connectivity index (χ1) is 7.66. The van der Waals surface area contributed by atoms with E-state index in [2.05, 4.69) is 20.5 Å². The number of hydrogen-bond acceptors (Lipinski definition) is 5. The van der Waals surface area contributed by atoms with E-state index in [0.29, 0.717) is 23.1 Å². The van der Waals surface area contributed by atoms with Gasteiger partial charge in [-0.15, -0.1) is 10.2 Å². The van der Waals surface area contributed by atoms with E-state index in [1.54, 1.807) is 18.6 Å². The molecule has 0 fully saturated rings. The molecule has 0 aromatic carbocycles. The van der Waals surface area contributed by atoms with Gasteiger partial charge in [-0.3, -0.25) is 0 Å². The second kappa shape index (κ2) is 4.36. The molecule has 0 unspecified atom stereocenters. The molecule has 0 radical (unpaired) electrons. The average molecular weight is 239 g/mol. The Balaban J connectivity index is 2.08. The third-order valence-electron chi connectivity index (χ3n) is 2.08. The van der Waals surface area contributed by atoms with Gasteiger partial charge in [-0.2, -0.15) is 0 Å². The Morgan fingerprint density at radius 2 is 2.38 bits per heavy atom. The van der Waals surface area contributed by atoms with Gasteiger partial charge in [0.15, 0.2) is 5.82 Å². The number of anilines is 2. The summed E-state index contributed by atoms with van der Waals surface area (Å²) >= 11 is 5.96. The van der Waals surface area contributed by atoms with Crippen LogP contribution in [0, 0.1) is 0 Å². The predicted octanol–water partition coefficient (Wildman–Crippen LogP) is 1.06. The topological polar surface area (TPSA) is 81.7 Å². The Hall–Kier alpha value is -1.82. The summed E-state index contributed by atoms with van der Waals surface area (Å²) in [6, 6.07) is 1.65. The molecule has 0 spiro atoms. The summed E-state index contributed by atoms with van der Waals surface area (Å²) in [5, 5.41) is 11.3. The van der Waals surface area contributed by atoms with Gasteiger partial charge in [0.25, 0.3) is 0 Å². The van der Waals surface area contributed by atoms with Crippen LogP contribution in [0.1, 0.15) is 5.82 Å². The summed E-state index contributed by atoms with van der Waals surface area (Å²) in [6.45, 7) is 0.507. The first kappa shape index (κ1) is 10.7. The molecule has 0 aliphatic rings. The van der Waals surface area contributed by atoms with E-state index in [1.807, 2.05) is 11.6 Å². The summed E-state index contributed by atoms with van der Waals surface area (Å²) in [5.41, 5.74) is 6.08. The zero-order chi connectivity index (χ0) is 11.5. The highest BCUT2D eigenvalue weighted by Crippen LogP contribution is 2.21. The van der Waals surface area contributed by atoms with Crippen molar-refractivity contribution in [2.45, 2.75) is 6.54 Å². The van der Waals surface area contributed by atoms with Crippen molar-refractivity contribution >= 4 is 23.1 Å². The minimum Gasteiger partial charge on any atom is -0.397 e. The maximum atomic E-state index is 5.96. The van der Waals surface area contributed by atoms with Crippen molar-refractivity contribution in [1.29, 1.82) is 0 Å². The first-order valence-corrected chi connectivity index (χ1v) is 5.02. The van der Waals surface area contributed by atoms with Crippen molar-refractivity contribution in [3.63, 3.8) is 0 Å². The Labute approximate surface area is 97.5 Å². The molecular weight excluding hydrogens is 228 g/mol. The molecule has 7 heteroatoms. The maximum absolute atomic E-state index is 5.96. The van der Waals surface area contributed by atoms with Gasteiger partial charge < -0.3 is 15.6 Å². The summed E-state index contributed by atoms with van der Waals surface area (Å²) in [7, 11) is 1.87. The number of aromatic nitrogens is 4. The maximum Gasteiger partial charge on any atom is 0.151 e. The van der Waals surface area contributed by atoms with Gasteiger partial charge in [-0.05, 0) is 6.07 Å². The van der Waals surface area contributed by atoms with Crippen LogP contribution in [0.4, 0.5) is 11.5 Å². The molecule has 84 valence electrons. The monoisotopic (exact) mass is 238 g/mol. The standard InChI is InChI=1S/C9H11ClN6/c1-16-5-14-15-8(16)4-13-9-7(10)2-6(11)3-12-9/h2-3,5H,4,11H2,1H3,(H,12,13). The molecule has 0 aliphatic heterocycles. The zero-order valence-corrected chi connectivity index (χ0v) is 9.44. The number of halogens is 1. The van der Waals surface area contributed by atoms with Crippen LogP contribution in [-0.2, 0) is 13.6 Å². The molecule has 2 heterocycles. The van der Waals surface area contributed by atoms with Crippen LogP contribution < -0.4 is 11.1 Å². The fraction of sp³-hybridized carbons (Fsp3) is 0.222. The van der Waals surface area contributed by atoms with Gasteiger partial charge in [0.1, 0.15) is 12.1 Å². The summed E-state index contributed by atoms with van der Waals surface area (Å²) in [4.78, 5) is 4.08. The van der Waals surface area contributed by atoms with Crippen LogP contribution in [0.2, 0.25) is 5.02 Å². The van der Waals surface area contributed by atoms with E-state index in [1.165, 1.54) is 0 Å². The minimum absolute atomic E-state index is 0.488. The molecule has 2 aromatic rings. The largest absolute Gasteiger partial charge is 0.397 e. The van der Waals surface area contributed by atoms with Crippen molar-refractivity contribution in [1.82, 2.24) is 19.7 Å². The molecule has 3 N–H and O–H groups in total. The number of hydrogen-bond donors (Lipinski definition) is 2. The molecule has 6 nitrogen and oxygen atoms in total. The third-order valence-corrected chi connectivity index (χ3v) is 2.37. The Morgan fingerprint density at radius 1 is 1.56 bits per heavy atom. The smallest absolute Gasteiger partial charge is 0.151 e. The predicted molar refractivity (Wildman–Crippen MR) is 62.0 cm³/mol. The molecule has 2 aromatic heterocycles. The van der Waals surface area contributed by atoms with E-state index in [-0.39, 0.29) is 0 Å². The molecule has 0 amide bonds. The number of pyridine rings is 1. The van der Waals surface area contributed by atoms with Crippen molar-refractivity contribution < 1.29 is 0 Å². The van der Waals surface area contributed by atoms with Gasteiger partial charge in [0.2, 0.25) is 0 Å². The number of nitrogen functional groups attached to an aromatic ring is 1. The highest BCUT2D eigenvalue weighted by atomic mass is 35.5. The Morgan fingerprint density at radius 3 is 3.00 bits per heavy atom. The van der Waals surface area contributed by atoms with E-state index in [4.69, 9.17) is 17.3 Å². The molecule has 16 heavy (non-hydrogen) atoms. The lowest BCUT2D eigenvalue weighted by molar-refractivity contribution is 0.810. The quantitative estimate of drug-likeness (QED) is 0.836. The Kier molecular flexibility index (Phi) is 2.91. The van der Waals surface area contributed by atoms with E-state index in [0.717, 1.165) is 5.82 Å². The van der Waals surface area contributed by atoms with Crippen LogP contribution in [0.25, 0.3) is 0 Å². The fourth-order valence-electron chi connectivity index (χ4n) is 1.21. The molecule has 0 saturated carbocycles. The first-order valence-electron chi connectivity index (χ1n) is 4.64. The molecular formula is C9H11ClN6. The Bertz CT molecular complexity index is 494. The molecule has 0 saturated heterocycles. The van der Waals surface area contributed by atoms with Crippen molar-refractivity contribution in [2.75, 3.05) is 11.1 Å². The fourth-order valence-corrected chi connectivity index (χ4v) is 1.45. The van der Waals surface area contributed by atoms with Crippen molar-refractivity contribution in [3.05, 3.63) is 29.4 Å². The van der Waals surface area contributed by atoms with E-state index in [9.17, 15) is 0 Å². The summed E-state index contributed by atoms with van der Waals surface area (Å²) < 4.78 is 1.82. The molecule has 0 atom stereocenters. The van der Waals surface area contributed by atoms with Crippen LogP contribution in [0.5, 0.6) is 0 Å². The second-order valence-corrected chi connectivity index (χ2v) is 3.72. The molecule has 0 bridgehead atoms. The number of nitrogens with two attached hydrogens (primary N) is 1. The van der Waals surface area contributed by atoms with Crippen LogP contribution in [0.3, 0.4) is 0 Å². The molecule has 2 rings (SSSR count). The lowest BCUT2D eigenvalue weighted by Crippen LogP contribution is -2.07. The zero-order valence-electron chi connectivity index (χ0n) is 8.68. The SMILES string of the molecule is Cn1cnnc1CNc1ncc(N)cc1Cl. The molecule has 0 aliphatic carbocycles. The van der Waals surface area contributed by atoms with Gasteiger partial charge in [-0.1, -0.05) is 11.6 Å². The summed E-state index contributed by atoms with van der Waals surface area (Å²) in [5.74, 6) is 1.38. The second-order valence-electron chi connectivity index (χ2n) is 3.31. The van der Waals surface area contributed by atoms with Gasteiger partial charge in [-0.25, -0.2) is 4.98 Å².